The summed E-state index contributed by atoms with van der Waals surface area (Å²) >= 11 is 0. The van der Waals surface area contributed by atoms with Crippen molar-refractivity contribution in [3.63, 3.8) is 0 Å². The minimum Gasteiger partial charge on any atom is -0.481 e. The zero-order chi connectivity index (χ0) is 19.5. The number of rotatable bonds is 5. The van der Waals surface area contributed by atoms with Crippen LogP contribution in [0.15, 0.2) is 48.5 Å². The Bertz CT molecular complexity index is 794. The molecule has 4 rings (SSSR count). The lowest BCUT2D eigenvalue weighted by atomic mass is 9.96. The van der Waals surface area contributed by atoms with Gasteiger partial charge in [-0.15, -0.1) is 12.4 Å². The zero-order valence-corrected chi connectivity index (χ0v) is 17.9. The first-order chi connectivity index (χ1) is 13.6. The van der Waals surface area contributed by atoms with Crippen LogP contribution < -0.4 is 4.90 Å². The quantitative estimate of drug-likeness (QED) is 0.754. The van der Waals surface area contributed by atoms with Crippen molar-refractivity contribution in [3.8, 4) is 0 Å². The molecule has 0 spiro atoms. The van der Waals surface area contributed by atoms with Gasteiger partial charge in [-0.05, 0) is 68.8 Å². The van der Waals surface area contributed by atoms with Gasteiger partial charge in [0.2, 0.25) is 0 Å². The molecule has 0 amide bonds. The molecule has 0 saturated carbocycles. The van der Waals surface area contributed by atoms with Crippen LogP contribution in [-0.4, -0.2) is 41.7 Å². The topological polar surface area (TPSA) is 43.8 Å². The number of halogens is 1. The maximum absolute atomic E-state index is 11.4. The van der Waals surface area contributed by atoms with Gasteiger partial charge < -0.3 is 10.0 Å². The van der Waals surface area contributed by atoms with Crippen molar-refractivity contribution in [3.05, 3.63) is 59.7 Å². The van der Waals surface area contributed by atoms with E-state index in [1.807, 2.05) is 0 Å². The average Bonchev–Trinajstić information content (AvgIpc) is 2.89. The fourth-order valence-electron chi connectivity index (χ4n) is 4.72. The van der Waals surface area contributed by atoms with Crippen LogP contribution in [-0.2, 0) is 17.6 Å². The maximum atomic E-state index is 11.4. The van der Waals surface area contributed by atoms with Gasteiger partial charge in [-0.1, -0.05) is 36.4 Å². The molecule has 1 N–H and O–H groups in total. The molecule has 156 valence electrons. The number of carbonyl (C=O) groups is 1. The van der Waals surface area contributed by atoms with Crippen LogP contribution in [0.2, 0.25) is 0 Å². The smallest absolute Gasteiger partial charge is 0.307 e. The third kappa shape index (κ3) is 4.76. The summed E-state index contributed by atoms with van der Waals surface area (Å²) in [5.74, 6) is -0.858. The van der Waals surface area contributed by atoms with Gasteiger partial charge in [-0.25, -0.2) is 0 Å². The summed E-state index contributed by atoms with van der Waals surface area (Å²) in [6.07, 6.45) is 4.97. The highest BCUT2D eigenvalue weighted by molar-refractivity contribution is 5.85. The van der Waals surface area contributed by atoms with Gasteiger partial charge in [0.15, 0.2) is 0 Å². The van der Waals surface area contributed by atoms with E-state index in [-0.39, 0.29) is 18.3 Å². The first-order valence-electron chi connectivity index (χ1n) is 10.5. The summed E-state index contributed by atoms with van der Waals surface area (Å²) in [5, 5.41) is 9.39. The number of piperidine rings is 1. The van der Waals surface area contributed by atoms with Crippen LogP contribution in [0, 0.1) is 5.92 Å². The summed E-state index contributed by atoms with van der Waals surface area (Å²) in [7, 11) is 0. The van der Waals surface area contributed by atoms with Gasteiger partial charge in [0, 0.05) is 30.5 Å². The zero-order valence-electron chi connectivity index (χ0n) is 17.1. The Labute approximate surface area is 179 Å². The second-order valence-corrected chi connectivity index (χ2v) is 8.22. The van der Waals surface area contributed by atoms with Crippen molar-refractivity contribution in [2.45, 2.75) is 45.1 Å². The first kappa shape index (κ1) is 21.7. The van der Waals surface area contributed by atoms with E-state index in [2.05, 4.69) is 65.3 Å². The Hall–Kier alpha value is -2.04. The molecule has 2 aliphatic heterocycles. The average molecular weight is 415 g/mol. The fraction of sp³-hybridized carbons (Fsp3) is 0.458. The molecule has 5 heteroatoms. The van der Waals surface area contributed by atoms with Crippen LogP contribution in [0.25, 0.3) is 0 Å². The maximum Gasteiger partial charge on any atom is 0.307 e. The Morgan fingerprint density at radius 1 is 1.07 bits per heavy atom. The van der Waals surface area contributed by atoms with Crippen molar-refractivity contribution in [2.24, 2.45) is 5.92 Å². The predicted octanol–water partition coefficient (Wildman–Crippen LogP) is 4.92. The summed E-state index contributed by atoms with van der Waals surface area (Å²) < 4.78 is 0. The Balaban J connectivity index is 0.00000240. The van der Waals surface area contributed by atoms with E-state index in [1.54, 1.807) is 0 Å². The van der Waals surface area contributed by atoms with E-state index >= 15 is 0 Å². The molecule has 0 bridgehead atoms. The van der Waals surface area contributed by atoms with Crippen LogP contribution in [0.3, 0.4) is 0 Å². The number of likely N-dealkylation sites (tertiary alicyclic amines) is 1. The highest BCUT2D eigenvalue weighted by atomic mass is 35.5. The van der Waals surface area contributed by atoms with Crippen LogP contribution in [0.1, 0.15) is 37.3 Å². The van der Waals surface area contributed by atoms with E-state index in [0.717, 1.165) is 45.2 Å². The minimum atomic E-state index is -0.646. The van der Waals surface area contributed by atoms with Gasteiger partial charge in [0.25, 0.3) is 0 Å². The van der Waals surface area contributed by atoms with Crippen LogP contribution in [0.4, 0.5) is 11.4 Å². The number of nitrogens with zero attached hydrogens (tertiary/aromatic N) is 2. The van der Waals surface area contributed by atoms with Crippen LogP contribution >= 0.6 is 12.4 Å². The number of hydrogen-bond acceptors (Lipinski definition) is 3. The number of aliphatic carboxylic acids is 1. The lowest BCUT2D eigenvalue weighted by Crippen LogP contribution is -2.44. The Morgan fingerprint density at radius 2 is 1.66 bits per heavy atom. The van der Waals surface area contributed by atoms with Crippen molar-refractivity contribution in [1.82, 2.24) is 4.90 Å². The molecule has 2 aromatic rings. The highest BCUT2D eigenvalue weighted by Gasteiger charge is 2.28. The molecule has 4 nitrogen and oxygen atoms in total. The van der Waals surface area contributed by atoms with E-state index in [4.69, 9.17) is 0 Å². The summed E-state index contributed by atoms with van der Waals surface area (Å²) in [6, 6.07) is 17.9. The number of carboxylic acids is 1. The molecule has 2 heterocycles. The Kier molecular flexibility index (Phi) is 7.20. The molecule has 1 fully saturated rings. The molecule has 1 unspecified atom stereocenters. The van der Waals surface area contributed by atoms with Crippen molar-refractivity contribution >= 4 is 29.8 Å². The van der Waals surface area contributed by atoms with Gasteiger partial charge in [-0.2, -0.15) is 0 Å². The first-order valence-corrected chi connectivity index (χ1v) is 10.5. The molecule has 2 aliphatic rings. The predicted molar refractivity (Wildman–Crippen MR) is 121 cm³/mol. The number of benzene rings is 2. The molecule has 1 saturated heterocycles. The number of anilines is 2. The molecular weight excluding hydrogens is 384 g/mol. The van der Waals surface area contributed by atoms with Crippen molar-refractivity contribution < 1.29 is 9.90 Å². The van der Waals surface area contributed by atoms with Crippen molar-refractivity contribution in [1.29, 1.82) is 0 Å². The molecular formula is C24H31ClN2O2. The van der Waals surface area contributed by atoms with E-state index in [1.165, 1.54) is 22.5 Å². The van der Waals surface area contributed by atoms with E-state index < -0.39 is 5.97 Å². The second kappa shape index (κ2) is 9.64. The molecule has 2 aromatic carbocycles. The molecule has 0 radical (unpaired) electrons. The normalized spacial score (nSPS) is 20.0. The Morgan fingerprint density at radius 3 is 2.24 bits per heavy atom. The standard InChI is InChI=1S/C24H30N2O2.ClH/c1-18(25-15-6-9-21(17-25)24(27)28)14-16-26-22-10-4-2-7-19(22)12-13-20-8-3-5-11-23(20)26;/h2-5,7-8,10-11,18,21H,6,9,12-17H2,1H3,(H,27,28);1H/t18-,21?;/m1./s1. The fourth-order valence-corrected chi connectivity index (χ4v) is 4.72. The number of aryl methyl sites for hydroxylation is 2. The molecule has 0 aliphatic carbocycles. The number of para-hydroxylation sites is 2. The van der Waals surface area contributed by atoms with Gasteiger partial charge in [-0.3, -0.25) is 9.69 Å². The summed E-state index contributed by atoms with van der Waals surface area (Å²) in [4.78, 5) is 16.3. The molecule has 2 atom stereocenters. The lowest BCUT2D eigenvalue weighted by Gasteiger charge is -2.36. The molecule has 0 aromatic heterocycles. The van der Waals surface area contributed by atoms with E-state index in [9.17, 15) is 9.90 Å². The van der Waals surface area contributed by atoms with E-state index in [0.29, 0.717) is 12.6 Å². The SMILES string of the molecule is C[C@H](CCN1c2ccccc2CCc2ccccc21)N1CCCC(C(=O)O)C1.Cl. The second-order valence-electron chi connectivity index (χ2n) is 8.22. The number of hydrogen-bond donors (Lipinski definition) is 1. The van der Waals surface area contributed by atoms with Gasteiger partial charge >= 0.3 is 5.97 Å². The monoisotopic (exact) mass is 414 g/mol. The number of fused-ring (bicyclic) bond motifs is 2. The number of carboxylic acid groups (broad SMARTS) is 1. The van der Waals surface area contributed by atoms with Gasteiger partial charge in [0.05, 0.1) is 5.92 Å². The largest absolute Gasteiger partial charge is 0.481 e. The highest BCUT2D eigenvalue weighted by Crippen LogP contribution is 2.36. The lowest BCUT2D eigenvalue weighted by molar-refractivity contribution is -0.143. The third-order valence-electron chi connectivity index (χ3n) is 6.42. The van der Waals surface area contributed by atoms with Crippen molar-refractivity contribution in [2.75, 3.05) is 24.5 Å². The van der Waals surface area contributed by atoms with Gasteiger partial charge in [0.1, 0.15) is 0 Å². The molecule has 29 heavy (non-hydrogen) atoms. The van der Waals surface area contributed by atoms with Crippen LogP contribution in [0.5, 0.6) is 0 Å². The third-order valence-corrected chi connectivity index (χ3v) is 6.42. The minimum absolute atomic E-state index is 0. The summed E-state index contributed by atoms with van der Waals surface area (Å²) in [5.41, 5.74) is 5.47. The summed E-state index contributed by atoms with van der Waals surface area (Å²) in [6.45, 7) is 4.89.